The average molecular weight is 454 g/mol. The lowest BCUT2D eigenvalue weighted by Gasteiger charge is -2.34. The van der Waals surface area contributed by atoms with Gasteiger partial charge in [0.2, 0.25) is 10.0 Å². The van der Waals surface area contributed by atoms with Gasteiger partial charge < -0.3 is 4.90 Å². The zero-order valence-electron chi connectivity index (χ0n) is 14.1. The maximum absolute atomic E-state index is 12.7. The smallest absolute Gasteiger partial charge is 0.269 e. The molecule has 10 heteroatoms. The molecule has 1 aliphatic heterocycles. The summed E-state index contributed by atoms with van der Waals surface area (Å²) in [7, 11) is -3.61. The summed E-state index contributed by atoms with van der Waals surface area (Å²) in [6, 6.07) is 11.8. The monoisotopic (exact) mass is 453 g/mol. The Balaban J connectivity index is 1.66. The number of nitrogens with zero attached hydrogens (tertiary/aromatic N) is 3. The number of carbonyl (C=O) groups is 1. The van der Waals surface area contributed by atoms with E-state index in [1.54, 1.807) is 17.0 Å². The Morgan fingerprint density at radius 1 is 0.963 bits per heavy atom. The molecular formula is C17H16BrN3O5S. The van der Waals surface area contributed by atoms with Gasteiger partial charge in [-0.25, -0.2) is 8.42 Å². The van der Waals surface area contributed by atoms with Gasteiger partial charge in [-0.2, -0.15) is 4.31 Å². The van der Waals surface area contributed by atoms with Crippen molar-refractivity contribution < 1.29 is 18.1 Å². The van der Waals surface area contributed by atoms with Gasteiger partial charge in [0.05, 0.1) is 9.82 Å². The molecular weight excluding hydrogens is 438 g/mol. The first-order chi connectivity index (χ1) is 12.8. The predicted molar refractivity (Wildman–Crippen MR) is 102 cm³/mol. The van der Waals surface area contributed by atoms with E-state index in [4.69, 9.17) is 0 Å². The van der Waals surface area contributed by atoms with Crippen LogP contribution in [0.15, 0.2) is 57.9 Å². The maximum Gasteiger partial charge on any atom is 0.269 e. The third kappa shape index (κ3) is 4.18. The molecule has 1 aliphatic rings. The maximum atomic E-state index is 12.7. The molecule has 1 amide bonds. The van der Waals surface area contributed by atoms with Gasteiger partial charge >= 0.3 is 0 Å². The molecule has 0 bridgehead atoms. The second-order valence-corrected chi connectivity index (χ2v) is 8.81. The molecule has 0 aliphatic carbocycles. The van der Waals surface area contributed by atoms with Gasteiger partial charge in [-0.15, -0.1) is 0 Å². The van der Waals surface area contributed by atoms with Gasteiger partial charge in [0.25, 0.3) is 11.6 Å². The van der Waals surface area contributed by atoms with Gasteiger partial charge in [-0.05, 0) is 36.4 Å². The topological polar surface area (TPSA) is 101 Å². The second-order valence-electron chi connectivity index (χ2n) is 5.95. The summed E-state index contributed by atoms with van der Waals surface area (Å²) in [5.74, 6) is -0.273. The van der Waals surface area contributed by atoms with Crippen LogP contribution in [0.3, 0.4) is 0 Å². The average Bonchev–Trinajstić information content (AvgIpc) is 2.68. The van der Waals surface area contributed by atoms with Crippen LogP contribution in [0, 0.1) is 10.1 Å². The van der Waals surface area contributed by atoms with Gasteiger partial charge in [-0.3, -0.25) is 14.9 Å². The SMILES string of the molecule is O=C(c1ccc([N+](=O)[O-])cc1)N1CCN(S(=O)(=O)c2ccc(Br)cc2)CC1. The van der Waals surface area contributed by atoms with Crippen LogP contribution in [0.25, 0.3) is 0 Å². The number of rotatable bonds is 4. The number of benzene rings is 2. The highest BCUT2D eigenvalue weighted by atomic mass is 79.9. The molecule has 3 rings (SSSR count). The van der Waals surface area contributed by atoms with Crippen molar-refractivity contribution >= 4 is 37.5 Å². The fraction of sp³-hybridized carbons (Fsp3) is 0.235. The van der Waals surface area contributed by atoms with Crippen LogP contribution in [-0.2, 0) is 10.0 Å². The van der Waals surface area contributed by atoms with Gasteiger partial charge in [0, 0.05) is 48.3 Å². The number of nitro groups is 1. The Morgan fingerprint density at radius 3 is 2.04 bits per heavy atom. The van der Waals surface area contributed by atoms with E-state index in [1.807, 2.05) is 0 Å². The minimum absolute atomic E-state index is 0.0861. The van der Waals surface area contributed by atoms with E-state index in [0.717, 1.165) is 4.47 Å². The largest absolute Gasteiger partial charge is 0.336 e. The fourth-order valence-electron chi connectivity index (χ4n) is 2.80. The van der Waals surface area contributed by atoms with Gasteiger partial charge in [0.1, 0.15) is 0 Å². The predicted octanol–water partition coefficient (Wildman–Crippen LogP) is 2.50. The van der Waals surface area contributed by atoms with Crippen LogP contribution >= 0.6 is 15.9 Å². The van der Waals surface area contributed by atoms with Crippen LogP contribution in [0.2, 0.25) is 0 Å². The van der Waals surface area contributed by atoms with Crippen LogP contribution < -0.4 is 0 Å². The normalized spacial score (nSPS) is 15.5. The first-order valence-electron chi connectivity index (χ1n) is 8.08. The first-order valence-corrected chi connectivity index (χ1v) is 10.3. The van der Waals surface area contributed by atoms with E-state index in [1.165, 1.54) is 40.7 Å². The van der Waals surface area contributed by atoms with E-state index in [9.17, 15) is 23.3 Å². The number of non-ortho nitro benzene ring substituents is 1. The lowest BCUT2D eigenvalue weighted by molar-refractivity contribution is -0.384. The molecule has 0 aromatic heterocycles. The fourth-order valence-corrected chi connectivity index (χ4v) is 4.48. The van der Waals surface area contributed by atoms with Crippen molar-refractivity contribution in [2.24, 2.45) is 0 Å². The summed E-state index contributed by atoms with van der Waals surface area (Å²) in [5, 5.41) is 10.7. The molecule has 1 heterocycles. The number of halogens is 1. The highest BCUT2D eigenvalue weighted by molar-refractivity contribution is 9.10. The highest BCUT2D eigenvalue weighted by Gasteiger charge is 2.30. The highest BCUT2D eigenvalue weighted by Crippen LogP contribution is 2.21. The number of hydrogen-bond donors (Lipinski definition) is 0. The Morgan fingerprint density at radius 2 is 1.52 bits per heavy atom. The number of carbonyl (C=O) groups excluding carboxylic acids is 1. The molecule has 1 saturated heterocycles. The number of nitro benzene ring substituents is 1. The van der Waals surface area contributed by atoms with E-state index < -0.39 is 14.9 Å². The van der Waals surface area contributed by atoms with Crippen molar-refractivity contribution in [3.63, 3.8) is 0 Å². The Bertz CT molecular complexity index is 953. The standard InChI is InChI=1S/C17H16BrN3O5S/c18-14-3-7-16(8-4-14)27(25,26)20-11-9-19(10-12-20)17(22)13-1-5-15(6-2-13)21(23)24/h1-8H,9-12H2. The minimum atomic E-state index is -3.61. The van der Waals surface area contributed by atoms with Crippen molar-refractivity contribution in [3.8, 4) is 0 Å². The first kappa shape index (κ1) is 19.5. The lowest BCUT2D eigenvalue weighted by atomic mass is 10.1. The molecule has 0 unspecified atom stereocenters. The Kier molecular flexibility index (Phi) is 5.59. The number of hydrogen-bond acceptors (Lipinski definition) is 5. The number of sulfonamides is 1. The molecule has 8 nitrogen and oxygen atoms in total. The van der Waals surface area contributed by atoms with E-state index >= 15 is 0 Å². The van der Waals surface area contributed by atoms with Crippen molar-refractivity contribution in [3.05, 3.63) is 68.7 Å². The van der Waals surface area contributed by atoms with Crippen LogP contribution in [0.4, 0.5) is 5.69 Å². The van der Waals surface area contributed by atoms with E-state index in [2.05, 4.69) is 15.9 Å². The zero-order chi connectivity index (χ0) is 19.6. The van der Waals surface area contributed by atoms with Crippen molar-refractivity contribution in [1.29, 1.82) is 0 Å². The Hall–Kier alpha value is -2.30. The van der Waals surface area contributed by atoms with Gasteiger partial charge in [0.15, 0.2) is 0 Å². The number of amides is 1. The molecule has 0 atom stereocenters. The molecule has 0 radical (unpaired) electrons. The molecule has 2 aromatic rings. The Labute approximate surface area is 164 Å². The van der Waals surface area contributed by atoms with Crippen molar-refractivity contribution in [1.82, 2.24) is 9.21 Å². The molecule has 0 saturated carbocycles. The molecule has 27 heavy (non-hydrogen) atoms. The van der Waals surface area contributed by atoms with Crippen molar-refractivity contribution in [2.75, 3.05) is 26.2 Å². The lowest BCUT2D eigenvalue weighted by Crippen LogP contribution is -2.50. The summed E-state index contributed by atoms with van der Waals surface area (Å²) in [6.07, 6.45) is 0. The van der Waals surface area contributed by atoms with Crippen molar-refractivity contribution in [2.45, 2.75) is 4.90 Å². The van der Waals surface area contributed by atoms with Gasteiger partial charge in [-0.1, -0.05) is 15.9 Å². The summed E-state index contributed by atoms with van der Waals surface area (Å²) in [4.78, 5) is 24.5. The third-order valence-corrected chi connectivity index (χ3v) is 6.74. The van der Waals surface area contributed by atoms with E-state index in [-0.39, 0.29) is 42.7 Å². The van der Waals surface area contributed by atoms with E-state index in [0.29, 0.717) is 5.56 Å². The minimum Gasteiger partial charge on any atom is -0.336 e. The molecule has 0 spiro atoms. The zero-order valence-corrected chi connectivity index (χ0v) is 16.5. The van der Waals surface area contributed by atoms with Crippen LogP contribution in [0.1, 0.15) is 10.4 Å². The quantitative estimate of drug-likeness (QED) is 0.522. The third-order valence-electron chi connectivity index (χ3n) is 4.30. The van der Waals surface area contributed by atoms with Crippen LogP contribution in [0.5, 0.6) is 0 Å². The summed E-state index contributed by atoms with van der Waals surface area (Å²) in [5.41, 5.74) is 0.252. The number of piperazine rings is 1. The molecule has 1 fully saturated rings. The summed E-state index contributed by atoms with van der Waals surface area (Å²) < 4.78 is 27.5. The van der Waals surface area contributed by atoms with Crippen LogP contribution in [-0.4, -0.2) is 54.6 Å². The second kappa shape index (κ2) is 7.75. The summed E-state index contributed by atoms with van der Waals surface area (Å²) in [6.45, 7) is 0.894. The molecule has 142 valence electrons. The summed E-state index contributed by atoms with van der Waals surface area (Å²) >= 11 is 3.28. The molecule has 2 aromatic carbocycles. The molecule has 0 N–H and O–H groups in total.